The van der Waals surface area contributed by atoms with Gasteiger partial charge in [-0.25, -0.2) is 14.6 Å². The van der Waals surface area contributed by atoms with Gasteiger partial charge in [-0.2, -0.15) is 0 Å². The van der Waals surface area contributed by atoms with E-state index in [4.69, 9.17) is 14.2 Å². The molecule has 13 nitrogen and oxygen atoms in total. The van der Waals surface area contributed by atoms with Crippen molar-refractivity contribution in [3.05, 3.63) is 71.2 Å². The summed E-state index contributed by atoms with van der Waals surface area (Å²) < 4.78 is 16.5. The Morgan fingerprint density at radius 3 is 2.58 bits per heavy atom. The van der Waals surface area contributed by atoms with Gasteiger partial charge in [0.25, 0.3) is 5.91 Å². The molecule has 0 radical (unpaired) electrons. The van der Waals surface area contributed by atoms with E-state index in [-0.39, 0.29) is 31.0 Å². The third kappa shape index (κ3) is 7.50. The lowest BCUT2D eigenvalue weighted by atomic mass is 10.0. The summed E-state index contributed by atoms with van der Waals surface area (Å²) >= 11 is 1.19. The minimum absolute atomic E-state index is 0.0338. The van der Waals surface area contributed by atoms with Crippen LogP contribution in [0.4, 0.5) is 26.7 Å². The fourth-order valence-corrected chi connectivity index (χ4v) is 7.13. The number of hydrogen-bond donors (Lipinski definition) is 3. The number of rotatable bonds is 9. The number of pyridine rings is 1. The highest BCUT2D eigenvalue weighted by atomic mass is 32.1. The number of aromatic nitrogens is 1. The van der Waals surface area contributed by atoms with Crippen LogP contribution in [0.3, 0.4) is 0 Å². The van der Waals surface area contributed by atoms with E-state index in [0.29, 0.717) is 63.0 Å². The summed E-state index contributed by atoms with van der Waals surface area (Å²) in [6.07, 6.45) is 2.21. The van der Waals surface area contributed by atoms with Gasteiger partial charge in [-0.05, 0) is 82.5 Å². The van der Waals surface area contributed by atoms with Crippen molar-refractivity contribution in [2.45, 2.75) is 58.2 Å². The molecule has 14 heteroatoms. The Balaban J connectivity index is 1.18. The third-order valence-corrected chi connectivity index (χ3v) is 9.33. The van der Waals surface area contributed by atoms with Crippen molar-refractivity contribution in [1.29, 1.82) is 0 Å². The van der Waals surface area contributed by atoms with E-state index in [2.05, 4.69) is 20.9 Å². The summed E-state index contributed by atoms with van der Waals surface area (Å²) in [6, 6.07) is 15.0. The van der Waals surface area contributed by atoms with E-state index in [0.717, 1.165) is 5.56 Å². The van der Waals surface area contributed by atoms with Crippen molar-refractivity contribution in [2.75, 3.05) is 37.0 Å². The molecule has 5 amide bonds. The van der Waals surface area contributed by atoms with Gasteiger partial charge < -0.3 is 35.1 Å². The van der Waals surface area contributed by atoms with Gasteiger partial charge in [0, 0.05) is 32.4 Å². The van der Waals surface area contributed by atoms with Crippen LogP contribution >= 0.6 is 11.3 Å². The van der Waals surface area contributed by atoms with E-state index in [1.165, 1.54) is 18.4 Å². The number of thiophene rings is 1. The zero-order valence-electron chi connectivity index (χ0n) is 28.6. The average Bonchev–Trinajstić information content (AvgIpc) is 3.44. The first-order valence-corrected chi connectivity index (χ1v) is 17.2. The van der Waals surface area contributed by atoms with Crippen LogP contribution in [0.2, 0.25) is 0 Å². The number of anilines is 3. The summed E-state index contributed by atoms with van der Waals surface area (Å²) in [7, 11) is 1.45. The van der Waals surface area contributed by atoms with Gasteiger partial charge in [0.15, 0.2) is 0 Å². The third-order valence-electron chi connectivity index (χ3n) is 8.23. The summed E-state index contributed by atoms with van der Waals surface area (Å²) in [5.74, 6) is 0.644. The SMILES string of the molecule is COCC(NC(=O)OC(C)(C)C)C(=O)N1CCC[C@@H](NC(=O)c2sc3nccc4c3c2NC(=O)N4c2ccc(Oc3ccccc3)cc2C)C1. The number of urea groups is 1. The number of alkyl carbamates (subject to hydrolysis) is 1. The van der Waals surface area contributed by atoms with E-state index < -0.39 is 23.8 Å². The Labute approximate surface area is 293 Å². The molecule has 6 rings (SSSR count). The van der Waals surface area contributed by atoms with Crippen LogP contribution in [0, 0.1) is 6.92 Å². The zero-order chi connectivity index (χ0) is 35.6. The number of likely N-dealkylation sites (tertiary alicyclic amines) is 1. The first-order valence-electron chi connectivity index (χ1n) is 16.4. The summed E-state index contributed by atoms with van der Waals surface area (Å²) in [5.41, 5.74) is 1.77. The molecule has 1 fully saturated rings. The molecule has 262 valence electrons. The van der Waals surface area contributed by atoms with Gasteiger partial charge in [0.05, 0.1) is 29.1 Å². The molecule has 2 aliphatic rings. The number of para-hydroxylation sites is 1. The predicted octanol–water partition coefficient (Wildman–Crippen LogP) is 6.34. The van der Waals surface area contributed by atoms with Crippen LogP contribution in [-0.4, -0.2) is 78.3 Å². The molecule has 2 aromatic carbocycles. The highest BCUT2D eigenvalue weighted by Crippen LogP contribution is 2.46. The molecule has 1 unspecified atom stereocenters. The summed E-state index contributed by atoms with van der Waals surface area (Å²) in [6.45, 7) is 7.80. The Bertz CT molecular complexity index is 1930. The molecule has 0 saturated carbocycles. The minimum Gasteiger partial charge on any atom is -0.457 e. The molecule has 2 atom stereocenters. The van der Waals surface area contributed by atoms with Crippen LogP contribution in [-0.2, 0) is 14.3 Å². The Morgan fingerprint density at radius 2 is 1.86 bits per heavy atom. The number of nitrogens with one attached hydrogen (secondary N) is 3. The smallest absolute Gasteiger partial charge is 0.408 e. The maximum atomic E-state index is 13.8. The first kappa shape index (κ1) is 34.6. The van der Waals surface area contributed by atoms with Crippen molar-refractivity contribution in [1.82, 2.24) is 20.5 Å². The molecule has 50 heavy (non-hydrogen) atoms. The van der Waals surface area contributed by atoms with Gasteiger partial charge >= 0.3 is 12.1 Å². The molecule has 2 aromatic heterocycles. The maximum absolute atomic E-state index is 13.8. The number of piperidine rings is 1. The lowest BCUT2D eigenvalue weighted by molar-refractivity contribution is -0.136. The van der Waals surface area contributed by atoms with Crippen molar-refractivity contribution < 1.29 is 33.4 Å². The predicted molar refractivity (Wildman–Crippen MR) is 191 cm³/mol. The Hall–Kier alpha value is -5.21. The van der Waals surface area contributed by atoms with Crippen LogP contribution in [0.5, 0.6) is 11.5 Å². The van der Waals surface area contributed by atoms with E-state index >= 15 is 0 Å². The Morgan fingerprint density at radius 1 is 1.08 bits per heavy atom. The number of ether oxygens (including phenoxy) is 3. The average molecular weight is 701 g/mol. The zero-order valence-corrected chi connectivity index (χ0v) is 29.4. The van der Waals surface area contributed by atoms with Crippen LogP contribution < -0.4 is 25.6 Å². The summed E-state index contributed by atoms with van der Waals surface area (Å²) in [4.78, 5) is 62.0. The normalized spacial score (nSPS) is 16.4. The molecule has 4 aromatic rings. The number of carbonyl (C=O) groups is 4. The van der Waals surface area contributed by atoms with Crippen molar-refractivity contribution in [2.24, 2.45) is 0 Å². The molecule has 0 spiro atoms. The second-order valence-electron chi connectivity index (χ2n) is 13.2. The number of aryl methyl sites for hydroxylation is 1. The molecular formula is C36H40N6O7S. The van der Waals surface area contributed by atoms with Gasteiger partial charge in [-0.15, -0.1) is 11.3 Å². The molecule has 0 aliphatic carbocycles. The number of carbonyl (C=O) groups excluding carboxylic acids is 4. The lowest BCUT2D eigenvalue weighted by Crippen LogP contribution is -2.56. The summed E-state index contributed by atoms with van der Waals surface area (Å²) in [5, 5.41) is 9.29. The van der Waals surface area contributed by atoms with Gasteiger partial charge in [0.1, 0.15) is 32.8 Å². The van der Waals surface area contributed by atoms with E-state index in [1.54, 1.807) is 42.8 Å². The molecule has 2 aliphatic heterocycles. The molecule has 4 heterocycles. The standard InChI is InChI=1S/C36H40N6O7S/c1-21-18-24(48-23-11-7-6-8-12-23)13-14-26(21)42-27-15-16-37-32-28(27)29(40-34(42)45)30(50-32)31(43)38-22-10-9-17-41(19-22)33(44)25(20-47-5)39-35(46)49-36(2,3)4/h6-8,11-16,18,22,25H,9-10,17,19-20H2,1-5H3,(H,38,43)(H,39,46)(H,40,45)/t22-,25?/m1/s1. The van der Waals surface area contributed by atoms with Gasteiger partial charge in [0.2, 0.25) is 5.91 Å². The largest absolute Gasteiger partial charge is 0.457 e. The number of methoxy groups -OCH3 is 1. The van der Waals surface area contributed by atoms with Crippen LogP contribution in [0.15, 0.2) is 60.8 Å². The van der Waals surface area contributed by atoms with Crippen molar-refractivity contribution in [3.8, 4) is 11.5 Å². The number of amides is 5. The molecule has 0 bridgehead atoms. The monoisotopic (exact) mass is 700 g/mol. The number of benzene rings is 2. The van der Waals surface area contributed by atoms with E-state index in [1.807, 2.05) is 55.5 Å². The highest BCUT2D eigenvalue weighted by Gasteiger charge is 2.35. The maximum Gasteiger partial charge on any atom is 0.408 e. The van der Waals surface area contributed by atoms with Crippen LogP contribution in [0.25, 0.3) is 10.2 Å². The number of nitrogens with zero attached hydrogens (tertiary/aromatic N) is 3. The second-order valence-corrected chi connectivity index (χ2v) is 14.2. The van der Waals surface area contributed by atoms with Gasteiger partial charge in [-0.1, -0.05) is 18.2 Å². The fraction of sp³-hybridized carbons (Fsp3) is 0.361. The van der Waals surface area contributed by atoms with Crippen molar-refractivity contribution >= 4 is 62.6 Å². The molecular weight excluding hydrogens is 660 g/mol. The van der Waals surface area contributed by atoms with Gasteiger partial charge in [-0.3, -0.25) is 14.5 Å². The van der Waals surface area contributed by atoms with Crippen LogP contribution in [0.1, 0.15) is 48.8 Å². The lowest BCUT2D eigenvalue weighted by Gasteiger charge is -2.35. The van der Waals surface area contributed by atoms with E-state index in [9.17, 15) is 19.2 Å². The Kier molecular flexibility index (Phi) is 9.93. The number of hydrogen-bond acceptors (Lipinski definition) is 9. The second kappa shape index (κ2) is 14.3. The molecule has 1 saturated heterocycles. The quantitative estimate of drug-likeness (QED) is 0.183. The minimum atomic E-state index is -0.949. The topological polar surface area (TPSA) is 151 Å². The fourth-order valence-electron chi connectivity index (χ4n) is 6.11. The highest BCUT2D eigenvalue weighted by molar-refractivity contribution is 7.21. The first-order chi connectivity index (χ1) is 23.9. The van der Waals surface area contributed by atoms with Crippen molar-refractivity contribution in [3.63, 3.8) is 0 Å². The molecule has 3 N–H and O–H groups in total.